The summed E-state index contributed by atoms with van der Waals surface area (Å²) < 4.78 is 86.3. The number of ether oxygens (including phenoxy) is 1. The van der Waals surface area contributed by atoms with Crippen molar-refractivity contribution in [1.29, 1.82) is 0 Å². The fraction of sp³-hybridized carbons (Fsp3) is 0. The molecule has 1 aromatic heterocycles. The topological polar surface area (TPSA) is 14.2 Å². The molecule has 0 aliphatic carbocycles. The molecule has 0 radical (unpaired) electrons. The molecule has 2 nitrogen and oxygen atoms in total. The highest BCUT2D eigenvalue weighted by Crippen LogP contribution is 2.48. The van der Waals surface area contributed by atoms with Crippen LogP contribution in [0.5, 0.6) is 11.5 Å². The van der Waals surface area contributed by atoms with E-state index in [2.05, 4.69) is 47.0 Å². The van der Waals surface area contributed by atoms with Gasteiger partial charge in [0.2, 0.25) is 0 Å². The van der Waals surface area contributed by atoms with Crippen molar-refractivity contribution in [2.45, 2.75) is 0 Å². The molecule has 0 amide bonds. The smallest absolute Gasteiger partial charge is 0.135 e. The average Bonchev–Trinajstić information content (AvgIpc) is 3.49. The minimum atomic E-state index is -0.538. The van der Waals surface area contributed by atoms with Crippen molar-refractivity contribution in [3.05, 3.63) is 151 Å². The van der Waals surface area contributed by atoms with Crippen LogP contribution in [0.25, 0.3) is 71.6 Å². The lowest BCUT2D eigenvalue weighted by Gasteiger charge is -2.22. The van der Waals surface area contributed by atoms with Crippen LogP contribution < -0.4 is 4.74 Å². The molecule has 0 N–H and O–H groups in total. The summed E-state index contributed by atoms with van der Waals surface area (Å²) in [6.45, 7) is 0. The number of fused-ring (bicyclic) bond motifs is 5. The number of para-hydroxylation sites is 3. The van der Waals surface area contributed by atoms with Crippen LogP contribution in [0.4, 0.5) is 0 Å². The Balaban J connectivity index is 1.23. The van der Waals surface area contributed by atoms with Gasteiger partial charge in [-0.1, -0.05) is 109 Å². The number of hydrogen-bond acceptors (Lipinski definition) is 1. The minimum Gasteiger partial charge on any atom is -0.456 e. The molecular formula is C40H25NO. The molecule has 2 heteroatoms. The normalized spacial score (nSPS) is 15.0. The van der Waals surface area contributed by atoms with Gasteiger partial charge in [0.1, 0.15) is 11.5 Å². The van der Waals surface area contributed by atoms with E-state index in [0.29, 0.717) is 5.56 Å². The van der Waals surface area contributed by atoms with Crippen LogP contribution in [0, 0.1) is 0 Å². The number of benzene rings is 7. The van der Waals surface area contributed by atoms with E-state index < -0.39 is 36.3 Å². The van der Waals surface area contributed by atoms with Gasteiger partial charge >= 0.3 is 0 Å². The Morgan fingerprint density at radius 2 is 1.21 bits per heavy atom. The van der Waals surface area contributed by atoms with Gasteiger partial charge < -0.3 is 9.30 Å². The summed E-state index contributed by atoms with van der Waals surface area (Å²) in [6.07, 6.45) is 0. The van der Waals surface area contributed by atoms with E-state index in [1.807, 2.05) is 54.6 Å². The van der Waals surface area contributed by atoms with Gasteiger partial charge in [-0.05, 0) is 75.6 Å². The fourth-order valence-corrected chi connectivity index (χ4v) is 6.04. The van der Waals surface area contributed by atoms with E-state index in [9.17, 15) is 0 Å². The van der Waals surface area contributed by atoms with E-state index in [4.69, 9.17) is 17.1 Å². The summed E-state index contributed by atoms with van der Waals surface area (Å²) in [7, 11) is 0. The highest BCUT2D eigenvalue weighted by Gasteiger charge is 2.21. The Morgan fingerprint density at radius 1 is 0.476 bits per heavy atom. The molecule has 2 heterocycles. The summed E-state index contributed by atoms with van der Waals surface area (Å²) in [5, 5.41) is 2.44. The molecule has 8 aromatic rings. The fourth-order valence-electron chi connectivity index (χ4n) is 6.04. The molecule has 0 spiro atoms. The molecule has 0 atom stereocenters. The average molecular weight is 545 g/mol. The maximum atomic E-state index is 9.08. The molecule has 1 aliphatic rings. The highest BCUT2D eigenvalue weighted by atomic mass is 16.5. The van der Waals surface area contributed by atoms with Gasteiger partial charge in [0.25, 0.3) is 0 Å². The molecule has 0 fully saturated rings. The lowest BCUT2D eigenvalue weighted by atomic mass is 9.90. The van der Waals surface area contributed by atoms with Gasteiger partial charge in [0.15, 0.2) is 0 Å². The zero-order valence-corrected chi connectivity index (χ0v) is 22.1. The van der Waals surface area contributed by atoms with Crippen LogP contribution in [0.1, 0.15) is 12.3 Å². The van der Waals surface area contributed by atoms with Crippen LogP contribution in [0.15, 0.2) is 151 Å². The standard InChI is InChI=1S/C40H25NO/c1-2-9-29(10-3-1)41-36-15-6-4-11-31(36)35-25-28(21-23-37(35)41)26-17-19-27(20-18-26)30-22-24-39-40-33(30)13-8-14-34(40)32-12-5-7-16-38(32)42-39/h1-25H/i5D,7D,8D,12D,13D,14D,16D,22D,24D. The molecule has 0 unspecified atom stereocenters. The highest BCUT2D eigenvalue weighted by molar-refractivity contribution is 6.11. The third-order valence-electron chi connectivity index (χ3n) is 7.95. The van der Waals surface area contributed by atoms with E-state index in [-0.39, 0.29) is 57.1 Å². The Bertz CT molecular complexity index is 2810. The van der Waals surface area contributed by atoms with Gasteiger partial charge in [0, 0.05) is 27.4 Å². The third kappa shape index (κ3) is 3.39. The molecule has 0 bridgehead atoms. The molecule has 0 saturated heterocycles. The molecule has 7 aromatic carbocycles. The summed E-state index contributed by atoms with van der Waals surface area (Å²) in [5.74, 6) is -0.442. The first kappa shape index (κ1) is 16.0. The van der Waals surface area contributed by atoms with Gasteiger partial charge in [-0.2, -0.15) is 0 Å². The summed E-state index contributed by atoms with van der Waals surface area (Å²) in [6, 6.07) is 28.5. The maximum Gasteiger partial charge on any atom is 0.135 e. The van der Waals surface area contributed by atoms with Crippen LogP contribution in [-0.2, 0) is 0 Å². The monoisotopic (exact) mass is 544 g/mol. The number of hydrogen-bond donors (Lipinski definition) is 0. The quantitative estimate of drug-likeness (QED) is 0.216. The van der Waals surface area contributed by atoms with Crippen LogP contribution in [0.3, 0.4) is 0 Å². The largest absolute Gasteiger partial charge is 0.456 e. The second-order valence-electron chi connectivity index (χ2n) is 10.3. The molecule has 42 heavy (non-hydrogen) atoms. The van der Waals surface area contributed by atoms with Crippen molar-refractivity contribution >= 4 is 32.6 Å². The molecule has 0 saturated carbocycles. The van der Waals surface area contributed by atoms with Gasteiger partial charge in [0.05, 0.1) is 23.4 Å². The summed E-state index contributed by atoms with van der Waals surface area (Å²) >= 11 is 0. The van der Waals surface area contributed by atoms with Crippen LogP contribution in [-0.4, -0.2) is 4.57 Å². The maximum absolute atomic E-state index is 9.08. The van der Waals surface area contributed by atoms with Gasteiger partial charge in [-0.3, -0.25) is 0 Å². The lowest BCUT2D eigenvalue weighted by Crippen LogP contribution is -1.97. The Morgan fingerprint density at radius 3 is 2.12 bits per heavy atom. The van der Waals surface area contributed by atoms with E-state index in [1.165, 1.54) is 0 Å². The van der Waals surface area contributed by atoms with Crippen LogP contribution >= 0.6 is 0 Å². The molecular weight excluding hydrogens is 510 g/mol. The molecule has 9 rings (SSSR count). The summed E-state index contributed by atoms with van der Waals surface area (Å²) in [5.41, 5.74) is 5.74. The second kappa shape index (κ2) is 8.95. The number of nitrogens with zero attached hydrogens (tertiary/aromatic N) is 1. The van der Waals surface area contributed by atoms with Crippen LogP contribution in [0.2, 0.25) is 0 Å². The zero-order valence-electron chi connectivity index (χ0n) is 31.1. The first-order chi connectivity index (χ1) is 24.6. The third-order valence-corrected chi connectivity index (χ3v) is 7.95. The van der Waals surface area contributed by atoms with Crippen molar-refractivity contribution < 1.29 is 17.1 Å². The zero-order chi connectivity index (χ0) is 35.5. The van der Waals surface area contributed by atoms with Gasteiger partial charge in [-0.15, -0.1) is 0 Å². The molecule has 1 aliphatic heterocycles. The van der Waals surface area contributed by atoms with Crippen molar-refractivity contribution in [3.8, 4) is 50.6 Å². The first-order valence-electron chi connectivity index (χ1n) is 18.1. The van der Waals surface area contributed by atoms with E-state index in [0.717, 1.165) is 38.6 Å². The first-order valence-corrected chi connectivity index (χ1v) is 13.6. The number of rotatable bonds is 3. The SMILES string of the molecule is [2H]c1c([2H])c([2H])c2c(c1[2H])Oc1c([2H])c([2H])c(-c3ccc(-c4ccc5c(c4)c4ccccc4n5-c4ccccc4)cc3)c3c([2H])c([2H])c([2H])c-2c13. The van der Waals surface area contributed by atoms with Crippen molar-refractivity contribution in [2.24, 2.45) is 0 Å². The second-order valence-corrected chi connectivity index (χ2v) is 10.3. The van der Waals surface area contributed by atoms with Crippen molar-refractivity contribution in [3.63, 3.8) is 0 Å². The predicted molar refractivity (Wildman–Crippen MR) is 175 cm³/mol. The van der Waals surface area contributed by atoms with Crippen molar-refractivity contribution in [2.75, 3.05) is 0 Å². The van der Waals surface area contributed by atoms with Crippen molar-refractivity contribution in [1.82, 2.24) is 4.57 Å². The number of aromatic nitrogens is 1. The Hall–Kier alpha value is -5.60. The van der Waals surface area contributed by atoms with E-state index in [1.54, 1.807) is 0 Å². The molecule has 196 valence electrons. The van der Waals surface area contributed by atoms with Gasteiger partial charge in [-0.25, -0.2) is 0 Å². The Kier molecular flexibility index (Phi) is 3.41. The summed E-state index contributed by atoms with van der Waals surface area (Å²) in [4.78, 5) is 0. The Labute approximate surface area is 256 Å². The predicted octanol–water partition coefficient (Wildman–Crippen LogP) is 11.0. The minimum absolute atomic E-state index is 0.0106. The van der Waals surface area contributed by atoms with E-state index >= 15 is 0 Å². The lowest BCUT2D eigenvalue weighted by molar-refractivity contribution is 0.487.